The van der Waals surface area contributed by atoms with Gasteiger partial charge in [-0.15, -0.1) is 24.0 Å². The molecule has 0 radical (unpaired) electrons. The van der Waals surface area contributed by atoms with E-state index in [1.54, 1.807) is 4.68 Å². The zero-order chi connectivity index (χ0) is 20.1. The molecule has 1 N–H and O–H groups in total. The first kappa shape index (κ1) is 22.7. The van der Waals surface area contributed by atoms with Crippen molar-refractivity contribution in [1.82, 2.24) is 20.0 Å². The van der Waals surface area contributed by atoms with E-state index >= 15 is 0 Å². The largest absolute Gasteiger partial charge is 0.490 e. The predicted octanol–water partition coefficient (Wildman–Crippen LogP) is 2.74. The number of aryl methyl sites for hydroxylation is 1. The van der Waals surface area contributed by atoms with Gasteiger partial charge in [0, 0.05) is 43.9 Å². The molecule has 9 heteroatoms. The highest BCUT2D eigenvalue weighted by atomic mass is 127. The van der Waals surface area contributed by atoms with Crippen LogP contribution in [0.15, 0.2) is 35.6 Å². The van der Waals surface area contributed by atoms with E-state index in [9.17, 15) is 0 Å². The number of morpholine rings is 1. The number of rotatable bonds is 4. The summed E-state index contributed by atoms with van der Waals surface area (Å²) >= 11 is 0. The molecule has 0 saturated carbocycles. The number of ether oxygens (including phenoxy) is 3. The Hall–Kier alpha value is -2.01. The van der Waals surface area contributed by atoms with E-state index in [1.165, 1.54) is 0 Å². The Balaban J connectivity index is 0.00000256. The van der Waals surface area contributed by atoms with Crippen molar-refractivity contribution in [2.75, 3.05) is 39.5 Å². The highest BCUT2D eigenvalue weighted by Crippen LogP contribution is 2.33. The molecule has 1 aromatic carbocycles. The summed E-state index contributed by atoms with van der Waals surface area (Å²) in [5.41, 5.74) is 2.13. The normalized spacial score (nSPS) is 19.1. The fourth-order valence-corrected chi connectivity index (χ4v) is 3.61. The molecule has 0 bridgehead atoms. The van der Waals surface area contributed by atoms with Gasteiger partial charge in [0.15, 0.2) is 17.5 Å². The van der Waals surface area contributed by atoms with Crippen molar-refractivity contribution >= 4 is 29.9 Å². The Bertz CT molecular complexity index is 857. The number of halogens is 1. The predicted molar refractivity (Wildman–Crippen MR) is 126 cm³/mol. The van der Waals surface area contributed by atoms with E-state index < -0.39 is 0 Å². The van der Waals surface area contributed by atoms with Gasteiger partial charge in [-0.3, -0.25) is 4.68 Å². The molecule has 0 amide bonds. The average Bonchev–Trinajstić information content (AvgIpc) is 3.03. The standard InChI is InChI=1S/C21H29N5O3.HI/c1-3-22-21(26-8-11-28-19(15-26)17-13-24-25(2)14-17)23-12-16-6-4-7-18-20(16)29-10-5-9-27-18;/h4,6-7,13-14,19H,3,5,8-12,15H2,1-2H3,(H,22,23);1H. The van der Waals surface area contributed by atoms with Gasteiger partial charge in [0.2, 0.25) is 0 Å². The van der Waals surface area contributed by atoms with E-state index in [4.69, 9.17) is 19.2 Å². The van der Waals surface area contributed by atoms with E-state index in [-0.39, 0.29) is 30.1 Å². The summed E-state index contributed by atoms with van der Waals surface area (Å²) in [5, 5.41) is 7.69. The number of para-hydroxylation sites is 1. The quantitative estimate of drug-likeness (QED) is 0.375. The number of hydrogen-bond donors (Lipinski definition) is 1. The Morgan fingerprint density at radius 3 is 2.93 bits per heavy atom. The fourth-order valence-electron chi connectivity index (χ4n) is 3.61. The van der Waals surface area contributed by atoms with Gasteiger partial charge in [-0.1, -0.05) is 12.1 Å². The molecule has 2 aromatic rings. The van der Waals surface area contributed by atoms with Crippen LogP contribution in [-0.4, -0.2) is 60.1 Å². The number of nitrogens with one attached hydrogen (secondary N) is 1. The Morgan fingerprint density at radius 1 is 1.27 bits per heavy atom. The van der Waals surface area contributed by atoms with Gasteiger partial charge >= 0.3 is 0 Å². The minimum absolute atomic E-state index is 0. The molecule has 0 spiro atoms. The van der Waals surface area contributed by atoms with E-state index in [0.717, 1.165) is 54.6 Å². The molecule has 1 atom stereocenters. The summed E-state index contributed by atoms with van der Waals surface area (Å²) in [6.07, 6.45) is 4.76. The lowest BCUT2D eigenvalue weighted by molar-refractivity contribution is -0.00805. The number of fused-ring (bicyclic) bond motifs is 1. The number of aromatic nitrogens is 2. The van der Waals surface area contributed by atoms with E-state index in [2.05, 4.69) is 28.3 Å². The first-order valence-corrected chi connectivity index (χ1v) is 10.3. The highest BCUT2D eigenvalue weighted by molar-refractivity contribution is 14.0. The van der Waals surface area contributed by atoms with Gasteiger partial charge in [0.1, 0.15) is 6.10 Å². The van der Waals surface area contributed by atoms with E-state index in [1.807, 2.05) is 31.6 Å². The summed E-state index contributed by atoms with van der Waals surface area (Å²) in [5.74, 6) is 2.51. The zero-order valence-corrected chi connectivity index (χ0v) is 19.9. The third-order valence-electron chi connectivity index (χ3n) is 5.05. The SMILES string of the molecule is CCNC(=NCc1cccc2c1OCCCO2)N1CCOC(c2cnn(C)c2)C1.I. The maximum Gasteiger partial charge on any atom is 0.194 e. The molecule has 1 aromatic heterocycles. The van der Waals surface area contributed by atoms with Gasteiger partial charge in [0.05, 0.1) is 39.1 Å². The summed E-state index contributed by atoms with van der Waals surface area (Å²) in [7, 11) is 1.92. The molecule has 1 saturated heterocycles. The minimum atomic E-state index is -0.00830. The van der Waals surface area contributed by atoms with Crippen LogP contribution in [-0.2, 0) is 18.3 Å². The van der Waals surface area contributed by atoms with Crippen molar-refractivity contribution in [2.24, 2.45) is 12.0 Å². The molecule has 3 heterocycles. The van der Waals surface area contributed by atoms with Crippen molar-refractivity contribution in [3.05, 3.63) is 41.7 Å². The number of aliphatic imine (C=N–C) groups is 1. The molecule has 30 heavy (non-hydrogen) atoms. The van der Waals surface area contributed by atoms with Crippen LogP contribution in [0.4, 0.5) is 0 Å². The molecule has 2 aliphatic rings. The van der Waals surface area contributed by atoms with Gasteiger partial charge in [-0.25, -0.2) is 4.99 Å². The molecule has 164 valence electrons. The van der Waals surface area contributed by atoms with Crippen LogP contribution in [0.5, 0.6) is 11.5 Å². The van der Waals surface area contributed by atoms with Crippen molar-refractivity contribution in [3.8, 4) is 11.5 Å². The van der Waals surface area contributed by atoms with Crippen LogP contribution >= 0.6 is 24.0 Å². The third kappa shape index (κ3) is 5.37. The molecular formula is C21H30IN5O3. The van der Waals surface area contributed by atoms with Crippen LogP contribution in [0.3, 0.4) is 0 Å². The number of nitrogens with zero attached hydrogens (tertiary/aromatic N) is 4. The molecule has 4 rings (SSSR count). The van der Waals surface area contributed by atoms with Crippen molar-refractivity contribution in [1.29, 1.82) is 0 Å². The summed E-state index contributed by atoms with van der Waals surface area (Å²) < 4.78 is 19.5. The van der Waals surface area contributed by atoms with Crippen LogP contribution in [0.1, 0.15) is 30.6 Å². The van der Waals surface area contributed by atoms with Crippen LogP contribution in [0.25, 0.3) is 0 Å². The van der Waals surface area contributed by atoms with Gasteiger partial charge in [-0.05, 0) is 13.0 Å². The second-order valence-corrected chi connectivity index (χ2v) is 7.22. The summed E-state index contributed by atoms with van der Waals surface area (Å²) in [6.45, 7) is 6.97. The zero-order valence-electron chi connectivity index (χ0n) is 17.5. The number of benzene rings is 1. The lowest BCUT2D eigenvalue weighted by atomic mass is 10.1. The lowest BCUT2D eigenvalue weighted by Crippen LogP contribution is -2.48. The van der Waals surface area contributed by atoms with Gasteiger partial charge in [0.25, 0.3) is 0 Å². The summed E-state index contributed by atoms with van der Waals surface area (Å²) in [4.78, 5) is 7.15. The molecule has 1 unspecified atom stereocenters. The molecule has 2 aliphatic heterocycles. The maximum absolute atomic E-state index is 5.97. The second kappa shape index (κ2) is 10.9. The first-order valence-electron chi connectivity index (χ1n) is 10.3. The average molecular weight is 527 g/mol. The summed E-state index contributed by atoms with van der Waals surface area (Å²) in [6, 6.07) is 6.01. The van der Waals surface area contributed by atoms with Crippen LogP contribution < -0.4 is 14.8 Å². The van der Waals surface area contributed by atoms with Crippen LogP contribution in [0.2, 0.25) is 0 Å². The Morgan fingerprint density at radius 2 is 2.13 bits per heavy atom. The minimum Gasteiger partial charge on any atom is -0.490 e. The van der Waals surface area contributed by atoms with Crippen LogP contribution in [0, 0.1) is 0 Å². The molecule has 1 fully saturated rings. The Kier molecular flexibility index (Phi) is 8.20. The topological polar surface area (TPSA) is 73.1 Å². The lowest BCUT2D eigenvalue weighted by Gasteiger charge is -2.34. The fraction of sp³-hybridized carbons (Fsp3) is 0.524. The second-order valence-electron chi connectivity index (χ2n) is 7.22. The van der Waals surface area contributed by atoms with Crippen molar-refractivity contribution in [2.45, 2.75) is 26.0 Å². The maximum atomic E-state index is 5.97. The van der Waals surface area contributed by atoms with E-state index in [0.29, 0.717) is 26.4 Å². The molecule has 0 aliphatic carbocycles. The number of guanidine groups is 1. The Labute approximate surface area is 194 Å². The van der Waals surface area contributed by atoms with Gasteiger partial charge in [-0.2, -0.15) is 5.10 Å². The van der Waals surface area contributed by atoms with Crippen molar-refractivity contribution in [3.63, 3.8) is 0 Å². The van der Waals surface area contributed by atoms with Crippen molar-refractivity contribution < 1.29 is 14.2 Å². The monoisotopic (exact) mass is 527 g/mol. The molecule has 8 nitrogen and oxygen atoms in total. The molecular weight excluding hydrogens is 497 g/mol. The smallest absolute Gasteiger partial charge is 0.194 e. The first-order chi connectivity index (χ1) is 14.2. The third-order valence-corrected chi connectivity index (χ3v) is 5.05. The highest BCUT2D eigenvalue weighted by Gasteiger charge is 2.25. The van der Waals surface area contributed by atoms with Gasteiger partial charge < -0.3 is 24.4 Å². The number of hydrogen-bond acceptors (Lipinski definition) is 5.